The first-order chi connectivity index (χ1) is 4.88. The van der Waals surface area contributed by atoms with Gasteiger partial charge in [-0.2, -0.15) is 0 Å². The van der Waals surface area contributed by atoms with Crippen LogP contribution >= 0.6 is 0 Å². The number of carbonyl (C=O) groups is 1. The van der Waals surface area contributed by atoms with Gasteiger partial charge >= 0.3 is 0 Å². The van der Waals surface area contributed by atoms with Crippen LogP contribution < -0.4 is 10.6 Å². The molecular weight excluding hydrogens is 128 g/mol. The summed E-state index contributed by atoms with van der Waals surface area (Å²) < 4.78 is 0. The number of carbonyl (C=O) groups excluding carboxylic acids is 1. The number of hydrogen-bond donors (Lipinski definition) is 2. The van der Waals surface area contributed by atoms with Gasteiger partial charge in [0, 0.05) is 12.1 Å². The summed E-state index contributed by atoms with van der Waals surface area (Å²) >= 11 is 0. The highest BCUT2D eigenvalue weighted by Gasteiger charge is 2.28. The van der Waals surface area contributed by atoms with E-state index in [1.165, 1.54) is 0 Å². The summed E-state index contributed by atoms with van der Waals surface area (Å²) in [6, 6.07) is -0.0648. The summed E-state index contributed by atoms with van der Waals surface area (Å²) in [5.74, 6) is 0.311. The molecule has 0 spiro atoms. The van der Waals surface area contributed by atoms with Crippen molar-refractivity contribution in [3.8, 4) is 0 Å². The van der Waals surface area contributed by atoms with Crippen LogP contribution in [0.3, 0.4) is 0 Å². The predicted octanol–water partition coefficient (Wildman–Crippen LogP) is -0.268. The van der Waals surface area contributed by atoms with E-state index >= 15 is 0 Å². The maximum Gasteiger partial charge on any atom is 0.247 e. The summed E-state index contributed by atoms with van der Waals surface area (Å²) in [7, 11) is 0. The Morgan fingerprint density at radius 1 is 1.30 bits per heavy atom. The Balaban J connectivity index is 2.27. The summed E-state index contributed by atoms with van der Waals surface area (Å²) in [5.41, 5.74) is 0. The molecule has 0 aliphatic carbocycles. The van der Waals surface area contributed by atoms with Crippen molar-refractivity contribution < 1.29 is 4.79 Å². The first kappa shape index (κ1) is 5.53. The number of hydrogen-bond acceptors (Lipinski definition) is 2. The Hall–Kier alpha value is -1.25. The van der Waals surface area contributed by atoms with Gasteiger partial charge < -0.3 is 10.6 Å². The van der Waals surface area contributed by atoms with Crippen LogP contribution in [-0.4, -0.2) is 11.9 Å². The molecule has 0 aromatic carbocycles. The highest BCUT2D eigenvalue weighted by Crippen LogP contribution is 2.15. The quantitative estimate of drug-likeness (QED) is 0.481. The Kier molecular flexibility index (Phi) is 1.03. The van der Waals surface area contributed by atoms with Crippen molar-refractivity contribution in [2.45, 2.75) is 6.04 Å². The third-order valence-corrected chi connectivity index (χ3v) is 1.81. The third-order valence-electron chi connectivity index (χ3n) is 1.81. The minimum absolute atomic E-state index is 0.0532. The molecule has 2 N–H and O–H groups in total. The normalized spacial score (nSPS) is 35.0. The zero-order chi connectivity index (χ0) is 6.97. The van der Waals surface area contributed by atoms with Gasteiger partial charge in [-0.05, 0) is 6.20 Å². The topological polar surface area (TPSA) is 41.1 Å². The average Bonchev–Trinajstić information content (AvgIpc) is 2.36. The molecular formula is C7H8N2O. The number of amides is 1. The van der Waals surface area contributed by atoms with E-state index in [4.69, 9.17) is 0 Å². The molecule has 0 bridgehead atoms. The maximum absolute atomic E-state index is 11.0. The lowest BCUT2D eigenvalue weighted by atomic mass is 10.00. The van der Waals surface area contributed by atoms with E-state index in [2.05, 4.69) is 10.6 Å². The molecule has 0 fully saturated rings. The van der Waals surface area contributed by atoms with Crippen molar-refractivity contribution in [1.82, 2.24) is 10.6 Å². The smallest absolute Gasteiger partial charge is 0.247 e. The van der Waals surface area contributed by atoms with Crippen LogP contribution in [0.15, 0.2) is 24.6 Å². The second kappa shape index (κ2) is 1.87. The summed E-state index contributed by atoms with van der Waals surface area (Å²) in [6.45, 7) is 0. The van der Waals surface area contributed by atoms with Gasteiger partial charge in [0.1, 0.15) is 6.04 Å². The van der Waals surface area contributed by atoms with Crippen LogP contribution in [-0.2, 0) is 4.79 Å². The number of nitrogens with one attached hydrogen (secondary N) is 2. The van der Waals surface area contributed by atoms with Crippen LogP contribution in [0.25, 0.3) is 0 Å². The van der Waals surface area contributed by atoms with Crippen LogP contribution in [0.5, 0.6) is 0 Å². The first-order valence-electron chi connectivity index (χ1n) is 3.28. The van der Waals surface area contributed by atoms with E-state index in [9.17, 15) is 4.79 Å². The number of fused-ring (bicyclic) bond motifs is 1. The van der Waals surface area contributed by atoms with Gasteiger partial charge in [-0.25, -0.2) is 0 Å². The van der Waals surface area contributed by atoms with Crippen LogP contribution in [0.1, 0.15) is 0 Å². The molecule has 2 aliphatic heterocycles. The van der Waals surface area contributed by atoms with Gasteiger partial charge in [0.2, 0.25) is 5.91 Å². The Labute approximate surface area is 58.8 Å². The molecule has 2 heterocycles. The molecule has 0 radical (unpaired) electrons. The zero-order valence-corrected chi connectivity index (χ0v) is 5.37. The van der Waals surface area contributed by atoms with Crippen molar-refractivity contribution in [2.75, 3.05) is 0 Å². The monoisotopic (exact) mass is 136 g/mol. The maximum atomic E-state index is 11.0. The van der Waals surface area contributed by atoms with Gasteiger partial charge in [0.05, 0.1) is 0 Å². The molecule has 0 saturated carbocycles. The fourth-order valence-electron chi connectivity index (χ4n) is 1.25. The van der Waals surface area contributed by atoms with Crippen molar-refractivity contribution >= 4 is 5.91 Å². The molecule has 3 nitrogen and oxygen atoms in total. The van der Waals surface area contributed by atoms with Crippen LogP contribution in [0.2, 0.25) is 0 Å². The largest absolute Gasteiger partial charge is 0.379 e. The highest BCUT2D eigenvalue weighted by molar-refractivity contribution is 5.85. The molecule has 1 amide bonds. The first-order valence-corrected chi connectivity index (χ1v) is 3.28. The molecule has 2 unspecified atom stereocenters. The molecule has 2 rings (SSSR count). The molecule has 0 saturated heterocycles. The van der Waals surface area contributed by atoms with E-state index in [-0.39, 0.29) is 17.9 Å². The van der Waals surface area contributed by atoms with E-state index in [1.807, 2.05) is 18.4 Å². The Bertz CT molecular complexity index is 220. The zero-order valence-electron chi connectivity index (χ0n) is 5.37. The predicted molar refractivity (Wildman–Crippen MR) is 36.8 cm³/mol. The summed E-state index contributed by atoms with van der Waals surface area (Å²) in [5, 5.41) is 5.60. The Morgan fingerprint density at radius 2 is 2.10 bits per heavy atom. The van der Waals surface area contributed by atoms with Crippen molar-refractivity contribution in [1.29, 1.82) is 0 Å². The van der Waals surface area contributed by atoms with Gasteiger partial charge in [-0.1, -0.05) is 12.2 Å². The lowest BCUT2D eigenvalue weighted by Gasteiger charge is -2.19. The fraction of sp³-hybridized carbons (Fsp3) is 0.286. The molecule has 52 valence electrons. The van der Waals surface area contributed by atoms with Gasteiger partial charge in [0.15, 0.2) is 0 Å². The van der Waals surface area contributed by atoms with E-state index in [0.29, 0.717) is 0 Å². The molecule has 3 heteroatoms. The van der Waals surface area contributed by atoms with E-state index < -0.39 is 0 Å². The standard InChI is InChI=1S/C7H8N2O/c10-7-6-5(1-3-8-6)2-4-9-7/h1-6,8H,(H,9,10). The Morgan fingerprint density at radius 3 is 2.90 bits per heavy atom. The van der Waals surface area contributed by atoms with E-state index in [1.54, 1.807) is 6.20 Å². The minimum atomic E-state index is -0.0648. The van der Waals surface area contributed by atoms with Gasteiger partial charge in [-0.15, -0.1) is 0 Å². The minimum Gasteiger partial charge on any atom is -0.379 e. The SMILES string of the molecule is O=C1NC=CC2C=CNC12. The molecule has 2 aliphatic rings. The van der Waals surface area contributed by atoms with Crippen LogP contribution in [0, 0.1) is 5.92 Å². The lowest BCUT2D eigenvalue weighted by Crippen LogP contribution is -2.44. The summed E-state index contributed by atoms with van der Waals surface area (Å²) in [6.07, 6.45) is 7.48. The second-order valence-electron chi connectivity index (χ2n) is 2.45. The lowest BCUT2D eigenvalue weighted by molar-refractivity contribution is -0.122. The molecule has 2 atom stereocenters. The number of rotatable bonds is 0. The van der Waals surface area contributed by atoms with Crippen molar-refractivity contribution in [3.05, 3.63) is 24.6 Å². The fourth-order valence-corrected chi connectivity index (χ4v) is 1.25. The third kappa shape index (κ3) is 0.635. The summed E-state index contributed by atoms with van der Waals surface area (Å²) in [4.78, 5) is 11.0. The van der Waals surface area contributed by atoms with Gasteiger partial charge in [0.25, 0.3) is 0 Å². The average molecular weight is 136 g/mol. The second-order valence-corrected chi connectivity index (χ2v) is 2.45. The van der Waals surface area contributed by atoms with Gasteiger partial charge in [-0.3, -0.25) is 4.79 Å². The molecule has 0 aromatic heterocycles. The highest BCUT2D eigenvalue weighted by atomic mass is 16.2. The van der Waals surface area contributed by atoms with E-state index in [0.717, 1.165) is 0 Å². The van der Waals surface area contributed by atoms with Crippen molar-refractivity contribution in [3.63, 3.8) is 0 Å². The van der Waals surface area contributed by atoms with Crippen molar-refractivity contribution in [2.24, 2.45) is 5.92 Å². The molecule has 0 aromatic rings. The molecule has 10 heavy (non-hydrogen) atoms. The van der Waals surface area contributed by atoms with Crippen LogP contribution in [0.4, 0.5) is 0 Å².